The third kappa shape index (κ3) is 3.88. The molecule has 0 spiro atoms. The minimum atomic E-state index is -3.77. The fourth-order valence-electron chi connectivity index (χ4n) is 2.69. The molecule has 0 aromatic heterocycles. The van der Waals surface area contributed by atoms with Crippen LogP contribution in [-0.2, 0) is 19.9 Å². The summed E-state index contributed by atoms with van der Waals surface area (Å²) in [5.41, 5.74) is 3.57. The van der Waals surface area contributed by atoms with Crippen LogP contribution in [0, 0.1) is 27.7 Å². The molecule has 0 saturated carbocycles. The van der Waals surface area contributed by atoms with E-state index in [1.165, 1.54) is 24.3 Å². The maximum atomic E-state index is 12.9. The van der Waals surface area contributed by atoms with Crippen LogP contribution in [-0.4, -0.2) is 22.6 Å². The van der Waals surface area contributed by atoms with Crippen molar-refractivity contribution in [1.29, 1.82) is 0 Å². The van der Waals surface area contributed by atoms with Crippen molar-refractivity contribution < 1.29 is 16.8 Å². The third-order valence-corrected chi connectivity index (χ3v) is 7.82. The highest BCUT2D eigenvalue weighted by Crippen LogP contribution is 2.28. The lowest BCUT2D eigenvalue weighted by Crippen LogP contribution is -2.17. The van der Waals surface area contributed by atoms with E-state index in [0.29, 0.717) is 16.8 Å². The lowest BCUT2D eigenvalue weighted by atomic mass is 10.0. The molecular weight excluding hydrogens is 358 g/mol. The molecule has 0 aliphatic heterocycles. The van der Waals surface area contributed by atoms with Gasteiger partial charge in [-0.2, -0.15) is 0 Å². The van der Waals surface area contributed by atoms with Crippen molar-refractivity contribution in [2.45, 2.75) is 44.4 Å². The molecule has 0 unspecified atom stereocenters. The monoisotopic (exact) mass is 381 g/mol. The number of benzene rings is 2. The van der Waals surface area contributed by atoms with E-state index in [9.17, 15) is 16.8 Å². The number of rotatable bonds is 5. The van der Waals surface area contributed by atoms with Crippen molar-refractivity contribution in [3.8, 4) is 0 Å². The van der Waals surface area contributed by atoms with Crippen LogP contribution < -0.4 is 4.72 Å². The Hall–Kier alpha value is -1.86. The molecule has 0 fully saturated rings. The first-order chi connectivity index (χ1) is 11.5. The van der Waals surface area contributed by atoms with E-state index in [4.69, 9.17) is 0 Å². The van der Waals surface area contributed by atoms with Crippen LogP contribution in [0.4, 0.5) is 5.69 Å². The Balaban J connectivity index is 2.44. The van der Waals surface area contributed by atoms with Crippen molar-refractivity contribution >= 4 is 25.5 Å². The van der Waals surface area contributed by atoms with Crippen molar-refractivity contribution in [3.05, 3.63) is 52.6 Å². The maximum absolute atomic E-state index is 12.9. The van der Waals surface area contributed by atoms with Gasteiger partial charge in [-0.25, -0.2) is 16.8 Å². The topological polar surface area (TPSA) is 80.3 Å². The van der Waals surface area contributed by atoms with E-state index < -0.39 is 19.9 Å². The summed E-state index contributed by atoms with van der Waals surface area (Å²) in [5, 5.41) is 0. The number of anilines is 1. The van der Waals surface area contributed by atoms with Crippen LogP contribution in [0.1, 0.15) is 29.2 Å². The predicted molar refractivity (Wildman–Crippen MR) is 100 cm³/mol. The second-order valence-corrected chi connectivity index (χ2v) is 10.0. The largest absolute Gasteiger partial charge is 0.280 e. The zero-order chi connectivity index (χ0) is 19.0. The predicted octanol–water partition coefficient (Wildman–Crippen LogP) is 3.51. The van der Waals surface area contributed by atoms with E-state index in [2.05, 4.69) is 4.72 Å². The van der Waals surface area contributed by atoms with Crippen molar-refractivity contribution in [3.63, 3.8) is 0 Å². The molecule has 1 N–H and O–H groups in total. The third-order valence-electron chi connectivity index (χ3n) is 4.41. The Morgan fingerprint density at radius 3 is 1.76 bits per heavy atom. The Kier molecular flexibility index (Phi) is 5.30. The van der Waals surface area contributed by atoms with Gasteiger partial charge in [-0.05, 0) is 74.2 Å². The average Bonchev–Trinajstić information content (AvgIpc) is 2.53. The maximum Gasteiger partial charge on any atom is 0.262 e. The fourth-order valence-corrected chi connectivity index (χ4v) is 5.25. The van der Waals surface area contributed by atoms with Crippen molar-refractivity contribution in [2.75, 3.05) is 10.5 Å². The number of hydrogen-bond donors (Lipinski definition) is 1. The molecule has 25 heavy (non-hydrogen) atoms. The van der Waals surface area contributed by atoms with Crippen LogP contribution in [0.2, 0.25) is 0 Å². The summed E-state index contributed by atoms with van der Waals surface area (Å²) in [6.45, 7) is 8.90. The van der Waals surface area contributed by atoms with Crippen LogP contribution in [0.3, 0.4) is 0 Å². The minimum absolute atomic E-state index is 0.000960. The van der Waals surface area contributed by atoms with Crippen LogP contribution in [0.25, 0.3) is 0 Å². The highest BCUT2D eigenvalue weighted by molar-refractivity contribution is 7.93. The van der Waals surface area contributed by atoms with Gasteiger partial charge in [0.1, 0.15) is 0 Å². The van der Waals surface area contributed by atoms with E-state index in [1.807, 2.05) is 19.9 Å². The van der Waals surface area contributed by atoms with Gasteiger partial charge in [0.2, 0.25) is 0 Å². The molecule has 2 aromatic rings. The molecule has 0 bridgehead atoms. The quantitative estimate of drug-likeness (QED) is 0.859. The van der Waals surface area contributed by atoms with E-state index in [1.54, 1.807) is 20.8 Å². The lowest BCUT2D eigenvalue weighted by molar-refractivity contribution is 0.597. The number of sulfone groups is 1. The first-order valence-electron chi connectivity index (χ1n) is 7.92. The second kappa shape index (κ2) is 6.80. The van der Waals surface area contributed by atoms with Crippen LogP contribution in [0.15, 0.2) is 40.1 Å². The molecule has 136 valence electrons. The number of sulfonamides is 1. The zero-order valence-electron chi connectivity index (χ0n) is 15.0. The highest BCUT2D eigenvalue weighted by Gasteiger charge is 2.22. The van der Waals surface area contributed by atoms with Gasteiger partial charge in [0, 0.05) is 5.69 Å². The van der Waals surface area contributed by atoms with Gasteiger partial charge in [0.15, 0.2) is 9.84 Å². The number of hydrogen-bond acceptors (Lipinski definition) is 4. The zero-order valence-corrected chi connectivity index (χ0v) is 16.7. The fraction of sp³-hybridized carbons (Fsp3) is 0.333. The van der Waals surface area contributed by atoms with Gasteiger partial charge in [0.25, 0.3) is 10.0 Å². The first-order valence-corrected chi connectivity index (χ1v) is 11.1. The van der Waals surface area contributed by atoms with Gasteiger partial charge in [0.05, 0.1) is 15.5 Å². The summed E-state index contributed by atoms with van der Waals surface area (Å²) < 4.78 is 51.9. The minimum Gasteiger partial charge on any atom is -0.280 e. The average molecular weight is 382 g/mol. The van der Waals surface area contributed by atoms with Crippen molar-refractivity contribution in [1.82, 2.24) is 0 Å². The van der Waals surface area contributed by atoms with Crippen LogP contribution >= 0.6 is 0 Å². The summed E-state index contributed by atoms with van der Waals surface area (Å²) in [4.78, 5) is 0.451. The smallest absolute Gasteiger partial charge is 0.262 e. The Morgan fingerprint density at radius 2 is 1.32 bits per heavy atom. The molecule has 7 heteroatoms. The molecule has 0 atom stereocenters. The highest BCUT2D eigenvalue weighted by atomic mass is 32.2. The molecular formula is C18H23NO4S2. The molecule has 2 rings (SSSR count). The normalized spacial score (nSPS) is 12.2. The van der Waals surface area contributed by atoms with E-state index in [0.717, 1.165) is 11.1 Å². The van der Waals surface area contributed by atoms with Crippen LogP contribution in [0.5, 0.6) is 0 Å². The second-order valence-electron chi connectivity index (χ2n) is 6.12. The summed E-state index contributed by atoms with van der Waals surface area (Å²) in [7, 11) is -7.09. The molecule has 5 nitrogen and oxygen atoms in total. The molecule has 0 saturated heterocycles. The summed E-state index contributed by atoms with van der Waals surface area (Å²) in [6, 6.07) is 7.73. The van der Waals surface area contributed by atoms with E-state index >= 15 is 0 Å². The molecule has 0 aliphatic carbocycles. The standard InChI is InChI=1S/C18H23NO4S2/c1-6-24(20,21)17-9-7-16(8-10-17)19-25(22,23)18-14(4)12(2)11-13(3)15(18)5/h7-11,19H,6H2,1-5H3. The molecule has 0 amide bonds. The number of aryl methyl sites for hydroxylation is 2. The first kappa shape index (κ1) is 19.5. The summed E-state index contributed by atoms with van der Waals surface area (Å²) in [6.07, 6.45) is 0. The lowest BCUT2D eigenvalue weighted by Gasteiger charge is -2.17. The van der Waals surface area contributed by atoms with E-state index in [-0.39, 0.29) is 15.5 Å². The molecule has 0 aliphatic rings. The van der Waals surface area contributed by atoms with Gasteiger partial charge < -0.3 is 0 Å². The van der Waals surface area contributed by atoms with Crippen molar-refractivity contribution in [2.24, 2.45) is 0 Å². The van der Waals surface area contributed by atoms with Gasteiger partial charge in [-0.15, -0.1) is 0 Å². The molecule has 0 radical (unpaired) electrons. The Bertz CT molecular complexity index is 980. The number of nitrogens with one attached hydrogen (secondary N) is 1. The van der Waals surface area contributed by atoms with Gasteiger partial charge in [-0.1, -0.05) is 13.0 Å². The summed E-state index contributed by atoms with van der Waals surface area (Å²) in [5.74, 6) is -0.000960. The Labute approximate surface area is 150 Å². The SMILES string of the molecule is CCS(=O)(=O)c1ccc(NS(=O)(=O)c2c(C)c(C)cc(C)c2C)cc1. The summed E-state index contributed by atoms with van der Waals surface area (Å²) >= 11 is 0. The molecule has 0 heterocycles. The molecule has 2 aromatic carbocycles. The Morgan fingerprint density at radius 1 is 0.840 bits per heavy atom. The van der Waals surface area contributed by atoms with Gasteiger partial charge in [-0.3, -0.25) is 4.72 Å². The van der Waals surface area contributed by atoms with Gasteiger partial charge >= 0.3 is 0 Å².